The van der Waals surface area contributed by atoms with Crippen molar-refractivity contribution in [3.63, 3.8) is 0 Å². The van der Waals surface area contributed by atoms with Gasteiger partial charge in [0.05, 0.1) is 29.6 Å². The number of ether oxygens (including phenoxy) is 1. The van der Waals surface area contributed by atoms with Crippen LogP contribution in [0.1, 0.15) is 5.69 Å². The first-order valence-electron chi connectivity index (χ1n) is 7.64. The molecule has 0 saturated carbocycles. The van der Waals surface area contributed by atoms with Crippen molar-refractivity contribution >= 4 is 23.5 Å². The number of benzene rings is 1. The predicted molar refractivity (Wildman–Crippen MR) is 91.7 cm³/mol. The zero-order chi connectivity index (χ0) is 15.6. The van der Waals surface area contributed by atoms with Gasteiger partial charge < -0.3 is 9.64 Å². The van der Waals surface area contributed by atoms with Crippen LogP contribution in [0.15, 0.2) is 53.2 Å². The van der Waals surface area contributed by atoms with Crippen molar-refractivity contribution in [2.24, 2.45) is 0 Å². The second-order valence-electron chi connectivity index (χ2n) is 5.47. The van der Waals surface area contributed by atoms with E-state index in [1.807, 2.05) is 35.0 Å². The molecule has 1 aromatic carbocycles. The minimum absolute atomic E-state index is 0.582. The summed E-state index contributed by atoms with van der Waals surface area (Å²) >= 11 is 6.24. The van der Waals surface area contributed by atoms with E-state index in [4.69, 9.17) is 21.4 Å². The van der Waals surface area contributed by atoms with Crippen molar-refractivity contribution in [3.8, 4) is 11.3 Å². The summed E-state index contributed by atoms with van der Waals surface area (Å²) in [5.74, 6) is 0.969. The van der Waals surface area contributed by atoms with E-state index >= 15 is 0 Å². The third kappa shape index (κ3) is 2.84. The van der Waals surface area contributed by atoms with Crippen molar-refractivity contribution in [2.45, 2.75) is 0 Å². The molecule has 2 aromatic rings. The van der Waals surface area contributed by atoms with E-state index in [1.54, 1.807) is 0 Å². The van der Waals surface area contributed by atoms with Gasteiger partial charge in [-0.3, -0.25) is 0 Å². The minimum Gasteiger partial charge on any atom is -0.378 e. The molecule has 1 saturated heterocycles. The van der Waals surface area contributed by atoms with Gasteiger partial charge in [-0.15, -0.1) is 0 Å². The summed E-state index contributed by atoms with van der Waals surface area (Å²) in [5.41, 5.74) is 6.10. The fourth-order valence-corrected chi connectivity index (χ4v) is 2.96. The van der Waals surface area contributed by atoms with Crippen LogP contribution in [0.25, 0.3) is 23.2 Å². The summed E-state index contributed by atoms with van der Waals surface area (Å²) in [7, 11) is 0. The maximum atomic E-state index is 6.24. The standard InChI is InChI=1S/C18H16ClN3O/c19-15-6-7-16-13-17(14-4-2-1-3-5-14)20-22(16)18(12-15)21-8-10-23-11-9-21/h1-5,7,12-13H,8-11H2. The molecule has 0 spiro atoms. The molecule has 0 bridgehead atoms. The summed E-state index contributed by atoms with van der Waals surface area (Å²) < 4.78 is 7.39. The molecule has 4 rings (SSSR count). The number of hydrogen-bond donors (Lipinski definition) is 0. The normalized spacial score (nSPS) is 17.3. The van der Waals surface area contributed by atoms with Crippen LogP contribution in [0.4, 0.5) is 0 Å². The molecule has 0 radical (unpaired) electrons. The molecule has 0 unspecified atom stereocenters. The number of morpholine rings is 1. The van der Waals surface area contributed by atoms with Gasteiger partial charge in [0.15, 0.2) is 0 Å². The molecule has 1 aromatic heterocycles. The van der Waals surface area contributed by atoms with E-state index in [-0.39, 0.29) is 0 Å². The molecule has 0 amide bonds. The van der Waals surface area contributed by atoms with E-state index in [9.17, 15) is 0 Å². The van der Waals surface area contributed by atoms with Gasteiger partial charge in [0.1, 0.15) is 5.82 Å². The fourth-order valence-electron chi connectivity index (χ4n) is 2.81. The highest BCUT2D eigenvalue weighted by Crippen LogP contribution is 2.26. The number of nitrogens with zero attached hydrogens (tertiary/aromatic N) is 3. The van der Waals surface area contributed by atoms with Crippen molar-refractivity contribution in [1.29, 1.82) is 0 Å². The quantitative estimate of drug-likeness (QED) is 0.792. The molecular formula is C18H16ClN3O. The van der Waals surface area contributed by atoms with Crippen LogP contribution in [0.2, 0.25) is 0 Å². The third-order valence-electron chi connectivity index (χ3n) is 3.97. The Hall–Kier alpha value is -2.26. The molecule has 4 nitrogen and oxygen atoms in total. The number of aromatic nitrogens is 2. The van der Waals surface area contributed by atoms with E-state index in [0.717, 1.165) is 35.9 Å². The number of allylic oxidation sites excluding steroid dienone is 2. The van der Waals surface area contributed by atoms with Crippen LogP contribution < -0.4 is 0 Å². The average Bonchev–Trinajstić information content (AvgIpc) is 2.97. The highest BCUT2D eigenvalue weighted by atomic mass is 35.5. The molecule has 0 N–H and O–H groups in total. The van der Waals surface area contributed by atoms with Crippen molar-refractivity contribution in [1.82, 2.24) is 14.7 Å². The van der Waals surface area contributed by atoms with Gasteiger partial charge in [0.25, 0.3) is 0 Å². The number of rotatable bonds is 2. The van der Waals surface area contributed by atoms with Gasteiger partial charge in [0.2, 0.25) is 0 Å². The summed E-state index contributed by atoms with van der Waals surface area (Å²) in [6, 6.07) is 12.2. The molecule has 2 aliphatic rings. The van der Waals surface area contributed by atoms with Crippen LogP contribution in [-0.4, -0.2) is 41.0 Å². The van der Waals surface area contributed by atoms with Gasteiger partial charge in [-0.2, -0.15) is 5.10 Å². The average molecular weight is 326 g/mol. The Balaban J connectivity index is 1.79. The fraction of sp³-hybridized carbons (Fsp3) is 0.222. The second kappa shape index (κ2) is 6.09. The van der Waals surface area contributed by atoms with Crippen molar-refractivity contribution in [2.75, 3.05) is 26.3 Å². The Morgan fingerprint density at radius 1 is 1.13 bits per heavy atom. The largest absolute Gasteiger partial charge is 0.378 e. The van der Waals surface area contributed by atoms with Crippen molar-refractivity contribution < 1.29 is 4.74 Å². The Labute approximate surface area is 139 Å². The molecule has 0 atom stereocenters. The lowest BCUT2D eigenvalue weighted by atomic mass is 10.1. The van der Waals surface area contributed by atoms with Gasteiger partial charge in [-0.05, 0) is 6.07 Å². The SMILES string of the molecule is ClC1=C=Cc2cc(-c3ccccc3)nn2C(N2CCOCC2)=C1. The Bertz CT molecular complexity index is 810. The number of hydrogen-bond acceptors (Lipinski definition) is 3. The first kappa shape index (κ1) is 14.3. The third-order valence-corrected chi connectivity index (χ3v) is 4.19. The molecule has 116 valence electrons. The van der Waals surface area contributed by atoms with Crippen LogP contribution in [0, 0.1) is 0 Å². The maximum Gasteiger partial charge on any atom is 0.133 e. The summed E-state index contributed by atoms with van der Waals surface area (Å²) in [4.78, 5) is 2.25. The van der Waals surface area contributed by atoms with Crippen LogP contribution in [0.3, 0.4) is 0 Å². The molecular weight excluding hydrogens is 310 g/mol. The number of fused-ring (bicyclic) bond motifs is 1. The van der Waals surface area contributed by atoms with Crippen molar-refractivity contribution in [3.05, 3.63) is 58.9 Å². The lowest BCUT2D eigenvalue weighted by molar-refractivity contribution is 0.0612. The highest BCUT2D eigenvalue weighted by Gasteiger charge is 2.20. The summed E-state index contributed by atoms with van der Waals surface area (Å²) in [5, 5.41) is 5.38. The van der Waals surface area contributed by atoms with E-state index in [2.05, 4.69) is 28.8 Å². The van der Waals surface area contributed by atoms with Gasteiger partial charge >= 0.3 is 0 Å². The lowest BCUT2D eigenvalue weighted by Gasteiger charge is -2.31. The topological polar surface area (TPSA) is 30.3 Å². The van der Waals surface area contributed by atoms with Gasteiger partial charge in [0, 0.05) is 30.8 Å². The molecule has 0 aliphatic carbocycles. The van der Waals surface area contributed by atoms with E-state index in [1.165, 1.54) is 0 Å². The summed E-state index contributed by atoms with van der Waals surface area (Å²) in [6.45, 7) is 3.09. The Kier molecular flexibility index (Phi) is 3.80. The number of halogens is 1. The maximum absolute atomic E-state index is 6.24. The molecule has 23 heavy (non-hydrogen) atoms. The van der Waals surface area contributed by atoms with E-state index < -0.39 is 0 Å². The van der Waals surface area contributed by atoms with Crippen LogP contribution >= 0.6 is 11.6 Å². The Morgan fingerprint density at radius 2 is 1.91 bits per heavy atom. The van der Waals surface area contributed by atoms with E-state index in [0.29, 0.717) is 18.2 Å². The smallest absolute Gasteiger partial charge is 0.133 e. The molecule has 2 aliphatic heterocycles. The van der Waals surface area contributed by atoms with Gasteiger partial charge in [-0.1, -0.05) is 47.7 Å². The zero-order valence-corrected chi connectivity index (χ0v) is 13.3. The predicted octanol–water partition coefficient (Wildman–Crippen LogP) is 3.43. The van der Waals surface area contributed by atoms with Crippen LogP contribution in [0.5, 0.6) is 0 Å². The summed E-state index contributed by atoms with van der Waals surface area (Å²) in [6.07, 6.45) is 3.80. The second-order valence-corrected chi connectivity index (χ2v) is 5.88. The lowest BCUT2D eigenvalue weighted by Crippen LogP contribution is -2.37. The molecule has 5 heteroatoms. The van der Waals surface area contributed by atoms with Crippen LogP contribution in [-0.2, 0) is 4.74 Å². The van der Waals surface area contributed by atoms with Gasteiger partial charge in [-0.25, -0.2) is 4.68 Å². The Morgan fingerprint density at radius 3 is 2.70 bits per heavy atom. The highest BCUT2D eigenvalue weighted by molar-refractivity contribution is 6.31. The first-order valence-corrected chi connectivity index (χ1v) is 8.01. The zero-order valence-electron chi connectivity index (χ0n) is 12.6. The first-order chi connectivity index (χ1) is 11.3. The monoisotopic (exact) mass is 325 g/mol. The molecule has 3 heterocycles. The molecule has 1 fully saturated rings. The minimum atomic E-state index is 0.582.